The maximum absolute atomic E-state index is 5.66. The molecular weight excluding hydrogens is 220 g/mol. The van der Waals surface area contributed by atoms with Crippen LogP contribution < -0.4 is 5.73 Å². The molecule has 2 N–H and O–H groups in total. The van der Waals surface area contributed by atoms with Crippen LogP contribution in [-0.2, 0) is 0 Å². The summed E-state index contributed by atoms with van der Waals surface area (Å²) in [5, 5.41) is 0. The molecule has 1 rings (SSSR count). The highest BCUT2D eigenvalue weighted by atomic mass is 15.2. The van der Waals surface area contributed by atoms with Crippen molar-refractivity contribution >= 4 is 0 Å². The van der Waals surface area contributed by atoms with E-state index in [1.165, 1.54) is 64.6 Å². The maximum atomic E-state index is 5.66. The van der Waals surface area contributed by atoms with Crippen LogP contribution in [0.1, 0.15) is 65.7 Å². The molecule has 108 valence electrons. The van der Waals surface area contributed by atoms with Crippen LogP contribution in [0.3, 0.4) is 0 Å². The minimum atomic E-state index is 0.640. The van der Waals surface area contributed by atoms with Gasteiger partial charge in [-0.05, 0) is 69.5 Å². The summed E-state index contributed by atoms with van der Waals surface area (Å²) < 4.78 is 0. The molecule has 1 heterocycles. The first-order valence-corrected chi connectivity index (χ1v) is 8.12. The average molecular weight is 254 g/mol. The molecule has 1 saturated heterocycles. The Morgan fingerprint density at radius 2 is 1.89 bits per heavy atom. The Morgan fingerprint density at radius 3 is 2.39 bits per heavy atom. The molecule has 0 amide bonds. The molecule has 0 saturated carbocycles. The summed E-state index contributed by atoms with van der Waals surface area (Å²) in [6.07, 6.45) is 9.36. The Balaban J connectivity index is 2.21. The zero-order chi connectivity index (χ0) is 13.4. The highest BCUT2D eigenvalue weighted by Gasteiger charge is 2.34. The average Bonchev–Trinajstić information content (AvgIpc) is 2.82. The SMILES string of the molecule is CCC(CCN)CCCN1CCC(CC)(CC)C1. The highest BCUT2D eigenvalue weighted by molar-refractivity contribution is 4.87. The fourth-order valence-electron chi connectivity index (χ4n) is 3.44. The molecule has 0 aliphatic carbocycles. The smallest absolute Gasteiger partial charge is 0.00382 e. The first-order chi connectivity index (χ1) is 8.69. The largest absolute Gasteiger partial charge is 0.330 e. The molecule has 0 bridgehead atoms. The van der Waals surface area contributed by atoms with Crippen LogP contribution in [0.25, 0.3) is 0 Å². The zero-order valence-corrected chi connectivity index (χ0v) is 12.9. The van der Waals surface area contributed by atoms with Crippen molar-refractivity contribution in [2.45, 2.75) is 65.7 Å². The van der Waals surface area contributed by atoms with Crippen LogP contribution in [0.15, 0.2) is 0 Å². The Bertz CT molecular complexity index is 211. The molecular formula is C16H34N2. The molecule has 0 aromatic carbocycles. The van der Waals surface area contributed by atoms with Crippen molar-refractivity contribution in [1.82, 2.24) is 4.90 Å². The predicted molar refractivity (Wildman–Crippen MR) is 80.8 cm³/mol. The van der Waals surface area contributed by atoms with Gasteiger partial charge in [0.1, 0.15) is 0 Å². The standard InChI is InChI=1S/C16H34N2/c1-4-15(9-11-17)8-7-12-18-13-10-16(5-2,6-3)14-18/h15H,4-14,17H2,1-3H3. The second-order valence-corrected chi connectivity index (χ2v) is 6.23. The molecule has 0 aromatic rings. The molecule has 1 aliphatic heterocycles. The zero-order valence-electron chi connectivity index (χ0n) is 12.9. The van der Waals surface area contributed by atoms with Gasteiger partial charge in [-0.1, -0.05) is 27.2 Å². The van der Waals surface area contributed by atoms with E-state index in [0.29, 0.717) is 5.41 Å². The third-order valence-electron chi connectivity index (χ3n) is 5.26. The molecule has 2 heteroatoms. The summed E-state index contributed by atoms with van der Waals surface area (Å²) in [5.74, 6) is 0.861. The summed E-state index contributed by atoms with van der Waals surface area (Å²) in [6, 6.07) is 0. The van der Waals surface area contributed by atoms with Crippen molar-refractivity contribution in [3.8, 4) is 0 Å². The summed E-state index contributed by atoms with van der Waals surface area (Å²) >= 11 is 0. The third-order valence-corrected chi connectivity index (χ3v) is 5.26. The van der Waals surface area contributed by atoms with Gasteiger partial charge in [0.15, 0.2) is 0 Å². The molecule has 1 atom stereocenters. The molecule has 1 fully saturated rings. The first kappa shape index (κ1) is 16.0. The molecule has 18 heavy (non-hydrogen) atoms. The van der Waals surface area contributed by atoms with Gasteiger partial charge >= 0.3 is 0 Å². The minimum absolute atomic E-state index is 0.640. The Labute approximate surface area is 114 Å². The first-order valence-electron chi connectivity index (χ1n) is 8.12. The number of rotatable bonds is 9. The van der Waals surface area contributed by atoms with Crippen molar-refractivity contribution < 1.29 is 0 Å². The summed E-state index contributed by atoms with van der Waals surface area (Å²) in [5.41, 5.74) is 6.30. The second kappa shape index (κ2) is 8.16. The lowest BCUT2D eigenvalue weighted by Gasteiger charge is -2.26. The van der Waals surface area contributed by atoms with E-state index in [-0.39, 0.29) is 0 Å². The number of hydrogen-bond acceptors (Lipinski definition) is 2. The van der Waals surface area contributed by atoms with Crippen molar-refractivity contribution in [2.75, 3.05) is 26.2 Å². The Hall–Kier alpha value is -0.0800. The summed E-state index contributed by atoms with van der Waals surface area (Å²) in [7, 11) is 0. The number of hydrogen-bond donors (Lipinski definition) is 1. The third kappa shape index (κ3) is 4.55. The van der Waals surface area contributed by atoms with E-state index >= 15 is 0 Å². The predicted octanol–water partition coefficient (Wildman–Crippen LogP) is 3.65. The Morgan fingerprint density at radius 1 is 1.17 bits per heavy atom. The molecule has 1 aliphatic rings. The lowest BCUT2D eigenvalue weighted by Crippen LogP contribution is -2.27. The molecule has 0 aromatic heterocycles. The Kier molecular flexibility index (Phi) is 7.25. The van der Waals surface area contributed by atoms with Gasteiger partial charge in [-0.25, -0.2) is 0 Å². The van der Waals surface area contributed by atoms with E-state index < -0.39 is 0 Å². The summed E-state index contributed by atoms with van der Waals surface area (Å²) in [6.45, 7) is 11.9. The van der Waals surface area contributed by atoms with E-state index in [1.807, 2.05) is 0 Å². The molecule has 2 nitrogen and oxygen atoms in total. The van der Waals surface area contributed by atoms with Crippen molar-refractivity contribution in [3.05, 3.63) is 0 Å². The normalized spacial score (nSPS) is 21.3. The van der Waals surface area contributed by atoms with Gasteiger partial charge in [-0.15, -0.1) is 0 Å². The van der Waals surface area contributed by atoms with Crippen LogP contribution in [-0.4, -0.2) is 31.1 Å². The fourth-order valence-corrected chi connectivity index (χ4v) is 3.44. The van der Waals surface area contributed by atoms with Crippen LogP contribution in [0.2, 0.25) is 0 Å². The van der Waals surface area contributed by atoms with Crippen LogP contribution in [0.4, 0.5) is 0 Å². The van der Waals surface area contributed by atoms with Gasteiger partial charge in [0.05, 0.1) is 0 Å². The van der Waals surface area contributed by atoms with Crippen molar-refractivity contribution in [2.24, 2.45) is 17.1 Å². The van der Waals surface area contributed by atoms with Crippen LogP contribution in [0, 0.1) is 11.3 Å². The topological polar surface area (TPSA) is 29.3 Å². The van der Waals surface area contributed by atoms with Crippen molar-refractivity contribution in [1.29, 1.82) is 0 Å². The van der Waals surface area contributed by atoms with Gasteiger partial charge in [0.25, 0.3) is 0 Å². The quantitative estimate of drug-likeness (QED) is 0.680. The van der Waals surface area contributed by atoms with Crippen LogP contribution in [0.5, 0.6) is 0 Å². The van der Waals surface area contributed by atoms with Gasteiger partial charge < -0.3 is 10.6 Å². The van der Waals surface area contributed by atoms with E-state index in [0.717, 1.165) is 12.5 Å². The summed E-state index contributed by atoms with van der Waals surface area (Å²) in [4.78, 5) is 2.70. The number of likely N-dealkylation sites (tertiary alicyclic amines) is 1. The number of nitrogens with two attached hydrogens (primary N) is 1. The number of nitrogens with zero attached hydrogens (tertiary/aromatic N) is 1. The van der Waals surface area contributed by atoms with E-state index in [9.17, 15) is 0 Å². The lowest BCUT2D eigenvalue weighted by atomic mass is 9.82. The molecule has 0 radical (unpaired) electrons. The molecule has 1 unspecified atom stereocenters. The fraction of sp³-hybridized carbons (Fsp3) is 1.00. The van der Waals surface area contributed by atoms with Gasteiger partial charge in [0, 0.05) is 6.54 Å². The van der Waals surface area contributed by atoms with Gasteiger partial charge in [-0.2, -0.15) is 0 Å². The van der Waals surface area contributed by atoms with E-state index in [4.69, 9.17) is 5.73 Å². The second-order valence-electron chi connectivity index (χ2n) is 6.23. The highest BCUT2D eigenvalue weighted by Crippen LogP contribution is 2.37. The lowest BCUT2D eigenvalue weighted by molar-refractivity contribution is 0.234. The van der Waals surface area contributed by atoms with E-state index in [1.54, 1.807) is 0 Å². The maximum Gasteiger partial charge on any atom is 0.00382 e. The molecule has 0 spiro atoms. The van der Waals surface area contributed by atoms with Gasteiger partial charge in [0.2, 0.25) is 0 Å². The van der Waals surface area contributed by atoms with E-state index in [2.05, 4.69) is 25.7 Å². The van der Waals surface area contributed by atoms with Crippen molar-refractivity contribution in [3.63, 3.8) is 0 Å². The van der Waals surface area contributed by atoms with Crippen LogP contribution >= 0.6 is 0 Å². The van der Waals surface area contributed by atoms with Gasteiger partial charge in [-0.3, -0.25) is 0 Å². The minimum Gasteiger partial charge on any atom is -0.330 e. The monoisotopic (exact) mass is 254 g/mol.